The molecule has 1 heteroatoms. The van der Waals surface area contributed by atoms with Crippen molar-refractivity contribution in [2.45, 2.75) is 13.3 Å². The molecule has 0 saturated heterocycles. The van der Waals surface area contributed by atoms with Crippen LogP contribution in [0.5, 0.6) is 0 Å². The van der Waals surface area contributed by atoms with E-state index in [1.54, 1.807) is 0 Å². The number of benzene rings is 3. The minimum Gasteiger partial charge on any atom is -0.256 e. The van der Waals surface area contributed by atoms with Crippen molar-refractivity contribution in [2.24, 2.45) is 4.99 Å². The lowest BCUT2D eigenvalue weighted by Gasteiger charge is -2.12. The number of fused-ring (bicyclic) bond motifs is 1. The fraction of sp³-hybridized carbons (Fsp3) is 0.0870. The van der Waals surface area contributed by atoms with Gasteiger partial charge in [-0.25, -0.2) is 0 Å². The monoisotopic (exact) mass is 309 g/mol. The molecular formula is C23H19N. The van der Waals surface area contributed by atoms with E-state index in [0.717, 1.165) is 12.1 Å². The Morgan fingerprint density at radius 2 is 1.67 bits per heavy atom. The number of aliphatic imine (C=N–C) groups is 1. The maximum Gasteiger partial charge on any atom is 0.0629 e. The van der Waals surface area contributed by atoms with Crippen molar-refractivity contribution >= 4 is 28.2 Å². The summed E-state index contributed by atoms with van der Waals surface area (Å²) in [7, 11) is 0. The Kier molecular flexibility index (Phi) is 3.84. The van der Waals surface area contributed by atoms with E-state index in [9.17, 15) is 0 Å². The normalized spacial score (nSPS) is 14.2. The molecule has 116 valence electrons. The predicted molar refractivity (Wildman–Crippen MR) is 104 cm³/mol. The Morgan fingerprint density at radius 1 is 0.875 bits per heavy atom. The van der Waals surface area contributed by atoms with Gasteiger partial charge in [-0.05, 0) is 53.0 Å². The molecule has 0 heterocycles. The first-order valence-electron chi connectivity index (χ1n) is 8.30. The van der Waals surface area contributed by atoms with Crippen LogP contribution in [-0.4, -0.2) is 6.21 Å². The van der Waals surface area contributed by atoms with Crippen LogP contribution < -0.4 is 0 Å². The Labute approximate surface area is 142 Å². The number of para-hydroxylation sites is 1. The van der Waals surface area contributed by atoms with Gasteiger partial charge in [0.1, 0.15) is 0 Å². The average molecular weight is 309 g/mol. The molecule has 0 radical (unpaired) electrons. The van der Waals surface area contributed by atoms with Crippen molar-refractivity contribution < 1.29 is 0 Å². The van der Waals surface area contributed by atoms with Gasteiger partial charge in [0.2, 0.25) is 0 Å². The highest BCUT2D eigenvalue weighted by Gasteiger charge is 2.13. The minimum absolute atomic E-state index is 0.978. The van der Waals surface area contributed by atoms with Crippen LogP contribution in [0.2, 0.25) is 0 Å². The van der Waals surface area contributed by atoms with Gasteiger partial charge in [-0.1, -0.05) is 66.7 Å². The second-order valence-electron chi connectivity index (χ2n) is 6.11. The van der Waals surface area contributed by atoms with Gasteiger partial charge in [0.15, 0.2) is 0 Å². The minimum atomic E-state index is 0.978. The van der Waals surface area contributed by atoms with Gasteiger partial charge in [0, 0.05) is 11.8 Å². The Hall–Kier alpha value is -2.93. The van der Waals surface area contributed by atoms with E-state index in [1.165, 1.54) is 33.0 Å². The Bertz CT molecular complexity index is 975. The summed E-state index contributed by atoms with van der Waals surface area (Å²) in [6.45, 7) is 2.19. The zero-order valence-electron chi connectivity index (χ0n) is 13.7. The third kappa shape index (κ3) is 2.69. The largest absolute Gasteiger partial charge is 0.256 e. The van der Waals surface area contributed by atoms with Crippen molar-refractivity contribution in [3.63, 3.8) is 0 Å². The molecular weight excluding hydrogens is 290 g/mol. The highest BCUT2D eigenvalue weighted by molar-refractivity contribution is 6.05. The topological polar surface area (TPSA) is 12.4 Å². The van der Waals surface area contributed by atoms with Gasteiger partial charge >= 0.3 is 0 Å². The fourth-order valence-electron chi connectivity index (χ4n) is 3.29. The van der Waals surface area contributed by atoms with Crippen LogP contribution in [0.15, 0.2) is 89.4 Å². The molecule has 1 aliphatic carbocycles. The molecule has 0 bridgehead atoms. The van der Waals surface area contributed by atoms with Gasteiger partial charge in [-0.2, -0.15) is 0 Å². The van der Waals surface area contributed by atoms with Gasteiger partial charge in [-0.15, -0.1) is 0 Å². The lowest BCUT2D eigenvalue weighted by atomic mass is 9.92. The summed E-state index contributed by atoms with van der Waals surface area (Å²) in [6, 6.07) is 23.1. The lowest BCUT2D eigenvalue weighted by Crippen LogP contribution is -1.95. The molecule has 0 aromatic heterocycles. The summed E-state index contributed by atoms with van der Waals surface area (Å²) in [5.41, 5.74) is 6.22. The van der Waals surface area contributed by atoms with Crippen LogP contribution in [0.4, 0.5) is 5.69 Å². The smallest absolute Gasteiger partial charge is 0.0629 e. The highest BCUT2D eigenvalue weighted by Crippen LogP contribution is 2.33. The summed E-state index contributed by atoms with van der Waals surface area (Å²) in [5, 5.41) is 2.50. The van der Waals surface area contributed by atoms with Crippen molar-refractivity contribution in [3.05, 3.63) is 95.6 Å². The van der Waals surface area contributed by atoms with Crippen LogP contribution in [0.1, 0.15) is 24.5 Å². The number of rotatable bonds is 3. The molecule has 0 fully saturated rings. The number of allylic oxidation sites excluding steroid dienone is 4. The fourth-order valence-corrected chi connectivity index (χ4v) is 3.29. The summed E-state index contributed by atoms with van der Waals surface area (Å²) < 4.78 is 0. The SMILES string of the molecule is CC1=C(c2ccc3ccccc3c2/C=N/c2ccccc2)CC=C1. The molecule has 0 N–H and O–H groups in total. The lowest BCUT2D eigenvalue weighted by molar-refractivity contribution is 1.41. The molecule has 0 saturated carbocycles. The van der Waals surface area contributed by atoms with Gasteiger partial charge < -0.3 is 0 Å². The van der Waals surface area contributed by atoms with Gasteiger partial charge in [-0.3, -0.25) is 4.99 Å². The number of hydrogen-bond donors (Lipinski definition) is 0. The van der Waals surface area contributed by atoms with Crippen molar-refractivity contribution in [1.29, 1.82) is 0 Å². The van der Waals surface area contributed by atoms with E-state index in [0.29, 0.717) is 0 Å². The molecule has 3 aromatic carbocycles. The number of hydrogen-bond acceptors (Lipinski definition) is 1. The standard InChI is InChI=1S/C23H19N/c1-17-8-7-13-20(17)22-15-14-18-9-5-6-12-21(18)23(22)16-24-19-10-3-2-4-11-19/h2-12,14-16H,13H2,1H3/b24-16+. The quantitative estimate of drug-likeness (QED) is 0.502. The summed E-state index contributed by atoms with van der Waals surface area (Å²) in [4.78, 5) is 4.72. The summed E-state index contributed by atoms with van der Waals surface area (Å²) in [5.74, 6) is 0. The zero-order chi connectivity index (χ0) is 16.4. The first kappa shape index (κ1) is 14.6. The Morgan fingerprint density at radius 3 is 2.46 bits per heavy atom. The first-order chi connectivity index (χ1) is 11.8. The number of nitrogens with zero attached hydrogens (tertiary/aromatic N) is 1. The predicted octanol–water partition coefficient (Wildman–Crippen LogP) is 6.32. The molecule has 1 aliphatic rings. The van der Waals surface area contributed by atoms with Crippen LogP contribution in [0.25, 0.3) is 16.3 Å². The van der Waals surface area contributed by atoms with E-state index in [2.05, 4.69) is 55.5 Å². The Balaban J connectivity index is 1.90. The second-order valence-corrected chi connectivity index (χ2v) is 6.11. The van der Waals surface area contributed by atoms with E-state index in [-0.39, 0.29) is 0 Å². The average Bonchev–Trinajstić information content (AvgIpc) is 3.06. The molecule has 0 atom stereocenters. The van der Waals surface area contributed by atoms with E-state index >= 15 is 0 Å². The molecule has 4 rings (SSSR count). The molecule has 0 aliphatic heterocycles. The molecule has 0 unspecified atom stereocenters. The van der Waals surface area contributed by atoms with E-state index in [4.69, 9.17) is 4.99 Å². The highest BCUT2D eigenvalue weighted by atomic mass is 14.7. The van der Waals surface area contributed by atoms with Crippen LogP contribution >= 0.6 is 0 Å². The van der Waals surface area contributed by atoms with Crippen molar-refractivity contribution in [3.8, 4) is 0 Å². The maximum atomic E-state index is 4.72. The zero-order valence-corrected chi connectivity index (χ0v) is 13.7. The van der Waals surface area contributed by atoms with Crippen LogP contribution in [0.3, 0.4) is 0 Å². The first-order valence-corrected chi connectivity index (χ1v) is 8.30. The summed E-state index contributed by atoms with van der Waals surface area (Å²) >= 11 is 0. The molecule has 0 spiro atoms. The van der Waals surface area contributed by atoms with Crippen LogP contribution in [-0.2, 0) is 0 Å². The molecule has 1 nitrogen and oxygen atoms in total. The summed E-state index contributed by atoms with van der Waals surface area (Å²) in [6.07, 6.45) is 7.46. The van der Waals surface area contributed by atoms with Gasteiger partial charge in [0.05, 0.1) is 5.69 Å². The van der Waals surface area contributed by atoms with Crippen molar-refractivity contribution in [2.75, 3.05) is 0 Å². The third-order valence-electron chi connectivity index (χ3n) is 4.56. The van der Waals surface area contributed by atoms with E-state index < -0.39 is 0 Å². The maximum absolute atomic E-state index is 4.72. The molecule has 24 heavy (non-hydrogen) atoms. The van der Waals surface area contributed by atoms with Gasteiger partial charge in [0.25, 0.3) is 0 Å². The van der Waals surface area contributed by atoms with E-state index in [1.807, 2.05) is 36.5 Å². The van der Waals surface area contributed by atoms with Crippen molar-refractivity contribution in [1.82, 2.24) is 0 Å². The molecule has 3 aromatic rings. The second kappa shape index (κ2) is 6.29. The third-order valence-corrected chi connectivity index (χ3v) is 4.56. The van der Waals surface area contributed by atoms with Crippen LogP contribution in [0, 0.1) is 0 Å². The molecule has 0 amide bonds.